The molecule has 0 aliphatic rings. The molecule has 20 heavy (non-hydrogen) atoms. The number of rotatable bonds is 1. The fraction of sp³-hybridized carbons (Fsp3) is 0.154. The number of hydrogen-bond donors (Lipinski definition) is 0. The lowest BCUT2D eigenvalue weighted by atomic mass is 10.3. The standard InChI is InChI=1S/C13H9F3N4/c1-8-10-5-3-7-20(10)19-12(17-8)9-4-2-6-11(18-9)13(14,15)16/h2-7H,1H3. The molecule has 3 rings (SSSR count). The monoisotopic (exact) mass is 278 g/mol. The van der Waals surface area contributed by atoms with E-state index in [1.165, 1.54) is 12.1 Å². The number of halogens is 3. The summed E-state index contributed by atoms with van der Waals surface area (Å²) in [6.07, 6.45) is -2.77. The zero-order chi connectivity index (χ0) is 14.3. The molecule has 0 aromatic carbocycles. The van der Waals surface area contributed by atoms with Crippen LogP contribution in [0.5, 0.6) is 0 Å². The van der Waals surface area contributed by atoms with Gasteiger partial charge in [-0.1, -0.05) is 6.07 Å². The first-order valence-corrected chi connectivity index (χ1v) is 5.82. The fourth-order valence-corrected chi connectivity index (χ4v) is 1.91. The fourth-order valence-electron chi connectivity index (χ4n) is 1.91. The smallest absolute Gasteiger partial charge is 0.240 e. The molecule has 0 bridgehead atoms. The zero-order valence-electron chi connectivity index (χ0n) is 10.4. The first-order chi connectivity index (χ1) is 9.45. The third kappa shape index (κ3) is 2.11. The summed E-state index contributed by atoms with van der Waals surface area (Å²) in [5, 5.41) is 4.17. The Morgan fingerprint density at radius 1 is 1.05 bits per heavy atom. The molecule has 3 heterocycles. The summed E-state index contributed by atoms with van der Waals surface area (Å²) in [5.74, 6) is 0.164. The van der Waals surface area contributed by atoms with E-state index in [1.807, 2.05) is 6.07 Å². The van der Waals surface area contributed by atoms with E-state index < -0.39 is 11.9 Å². The lowest BCUT2D eigenvalue weighted by molar-refractivity contribution is -0.141. The lowest BCUT2D eigenvalue weighted by Crippen LogP contribution is -2.09. The highest BCUT2D eigenvalue weighted by molar-refractivity contribution is 5.56. The molecule has 0 radical (unpaired) electrons. The maximum atomic E-state index is 12.7. The Morgan fingerprint density at radius 2 is 1.85 bits per heavy atom. The van der Waals surface area contributed by atoms with E-state index in [1.54, 1.807) is 23.7 Å². The van der Waals surface area contributed by atoms with Gasteiger partial charge >= 0.3 is 6.18 Å². The number of aryl methyl sites for hydroxylation is 1. The van der Waals surface area contributed by atoms with Crippen molar-refractivity contribution < 1.29 is 13.2 Å². The Kier molecular flexibility index (Phi) is 2.70. The summed E-state index contributed by atoms with van der Waals surface area (Å²) < 4.78 is 39.5. The van der Waals surface area contributed by atoms with E-state index in [4.69, 9.17) is 0 Å². The lowest BCUT2D eigenvalue weighted by Gasteiger charge is -2.08. The molecule has 0 atom stereocenters. The third-order valence-corrected chi connectivity index (χ3v) is 2.84. The van der Waals surface area contributed by atoms with Gasteiger partial charge in [-0.15, -0.1) is 5.10 Å². The van der Waals surface area contributed by atoms with Gasteiger partial charge in [0.15, 0.2) is 5.82 Å². The molecule has 3 aromatic rings. The first kappa shape index (κ1) is 12.6. The topological polar surface area (TPSA) is 43.1 Å². The average Bonchev–Trinajstić information content (AvgIpc) is 2.87. The molecule has 0 saturated heterocycles. The number of hydrogen-bond acceptors (Lipinski definition) is 3. The molecule has 3 aromatic heterocycles. The molecule has 0 amide bonds. The van der Waals surface area contributed by atoms with Crippen LogP contribution in [-0.4, -0.2) is 19.6 Å². The average molecular weight is 278 g/mol. The van der Waals surface area contributed by atoms with Crippen LogP contribution in [0, 0.1) is 6.92 Å². The van der Waals surface area contributed by atoms with Gasteiger partial charge in [0.05, 0.1) is 11.2 Å². The minimum absolute atomic E-state index is 0.0959. The number of alkyl halides is 3. The van der Waals surface area contributed by atoms with Crippen LogP contribution in [0.15, 0.2) is 36.5 Å². The van der Waals surface area contributed by atoms with Gasteiger partial charge in [0.1, 0.15) is 11.4 Å². The summed E-state index contributed by atoms with van der Waals surface area (Å²) in [4.78, 5) is 7.79. The molecule has 102 valence electrons. The van der Waals surface area contributed by atoms with Crippen molar-refractivity contribution in [2.75, 3.05) is 0 Å². The van der Waals surface area contributed by atoms with E-state index >= 15 is 0 Å². The van der Waals surface area contributed by atoms with Crippen molar-refractivity contribution >= 4 is 5.52 Å². The second-order valence-electron chi connectivity index (χ2n) is 4.26. The zero-order valence-corrected chi connectivity index (χ0v) is 10.4. The van der Waals surface area contributed by atoms with E-state index in [0.717, 1.165) is 11.6 Å². The summed E-state index contributed by atoms with van der Waals surface area (Å²) in [6, 6.07) is 7.30. The Bertz CT molecular complexity index is 777. The van der Waals surface area contributed by atoms with Gasteiger partial charge in [-0.2, -0.15) is 13.2 Å². The van der Waals surface area contributed by atoms with E-state index in [-0.39, 0.29) is 11.5 Å². The summed E-state index contributed by atoms with van der Waals surface area (Å²) in [5.41, 5.74) is 0.627. The highest BCUT2D eigenvalue weighted by Gasteiger charge is 2.32. The van der Waals surface area contributed by atoms with Crippen LogP contribution < -0.4 is 0 Å². The van der Waals surface area contributed by atoms with Crippen molar-refractivity contribution in [1.29, 1.82) is 0 Å². The molecule has 0 aliphatic carbocycles. The van der Waals surface area contributed by atoms with Gasteiger partial charge in [0.25, 0.3) is 0 Å². The molecular weight excluding hydrogens is 269 g/mol. The maximum Gasteiger partial charge on any atom is 0.433 e. The van der Waals surface area contributed by atoms with Crippen molar-refractivity contribution in [3.63, 3.8) is 0 Å². The summed E-state index contributed by atoms with van der Waals surface area (Å²) >= 11 is 0. The van der Waals surface area contributed by atoms with Crippen LogP contribution >= 0.6 is 0 Å². The molecule has 0 N–H and O–H groups in total. The van der Waals surface area contributed by atoms with Crippen LogP contribution in [-0.2, 0) is 6.18 Å². The largest absolute Gasteiger partial charge is 0.433 e. The molecule has 0 saturated carbocycles. The van der Waals surface area contributed by atoms with Gasteiger partial charge in [0, 0.05) is 6.20 Å². The second-order valence-corrected chi connectivity index (χ2v) is 4.26. The third-order valence-electron chi connectivity index (χ3n) is 2.84. The van der Waals surface area contributed by atoms with Gasteiger partial charge < -0.3 is 0 Å². The minimum atomic E-state index is -4.48. The van der Waals surface area contributed by atoms with E-state index in [2.05, 4.69) is 15.1 Å². The molecule has 0 spiro atoms. The number of nitrogens with zero attached hydrogens (tertiary/aromatic N) is 4. The van der Waals surface area contributed by atoms with Crippen molar-refractivity contribution in [2.24, 2.45) is 0 Å². The van der Waals surface area contributed by atoms with Crippen LogP contribution in [0.1, 0.15) is 11.4 Å². The van der Waals surface area contributed by atoms with Crippen molar-refractivity contribution in [3.05, 3.63) is 47.9 Å². The van der Waals surface area contributed by atoms with Gasteiger partial charge in [-0.05, 0) is 31.2 Å². The normalized spacial score (nSPS) is 12.0. The SMILES string of the molecule is Cc1nc(-c2cccc(C(F)(F)F)n2)nn2cccc12. The molecule has 4 nitrogen and oxygen atoms in total. The minimum Gasteiger partial charge on any atom is -0.240 e. The predicted octanol–water partition coefficient (Wildman–Crippen LogP) is 3.12. The Labute approximate surface area is 111 Å². The van der Waals surface area contributed by atoms with Crippen molar-refractivity contribution in [1.82, 2.24) is 19.6 Å². The highest BCUT2D eigenvalue weighted by atomic mass is 19.4. The van der Waals surface area contributed by atoms with Gasteiger partial charge in [-0.25, -0.2) is 14.5 Å². The van der Waals surface area contributed by atoms with Crippen LogP contribution in [0.3, 0.4) is 0 Å². The van der Waals surface area contributed by atoms with Gasteiger partial charge in [-0.3, -0.25) is 0 Å². The first-order valence-electron chi connectivity index (χ1n) is 5.82. The predicted molar refractivity (Wildman–Crippen MR) is 66.0 cm³/mol. The number of pyridine rings is 1. The number of aromatic nitrogens is 4. The van der Waals surface area contributed by atoms with Crippen LogP contribution in [0.2, 0.25) is 0 Å². The van der Waals surface area contributed by atoms with Crippen molar-refractivity contribution in [3.8, 4) is 11.5 Å². The Balaban J connectivity index is 2.15. The Hall–Kier alpha value is -2.44. The van der Waals surface area contributed by atoms with Gasteiger partial charge in [0.2, 0.25) is 0 Å². The molecule has 0 fully saturated rings. The number of fused-ring (bicyclic) bond motifs is 1. The molecule has 0 aliphatic heterocycles. The quantitative estimate of drug-likeness (QED) is 0.687. The van der Waals surface area contributed by atoms with E-state index in [9.17, 15) is 13.2 Å². The Morgan fingerprint density at radius 3 is 2.60 bits per heavy atom. The van der Waals surface area contributed by atoms with Crippen molar-refractivity contribution in [2.45, 2.75) is 13.1 Å². The van der Waals surface area contributed by atoms with Crippen LogP contribution in [0.4, 0.5) is 13.2 Å². The maximum absolute atomic E-state index is 12.7. The molecule has 7 heteroatoms. The summed E-state index contributed by atoms with van der Waals surface area (Å²) in [7, 11) is 0. The molecule has 0 unspecified atom stereocenters. The summed E-state index contributed by atoms with van der Waals surface area (Å²) in [6.45, 7) is 1.77. The molecular formula is C13H9F3N4. The highest BCUT2D eigenvalue weighted by Crippen LogP contribution is 2.28. The van der Waals surface area contributed by atoms with Crippen LogP contribution in [0.25, 0.3) is 17.0 Å². The van der Waals surface area contributed by atoms with E-state index in [0.29, 0.717) is 5.69 Å². The second kappa shape index (κ2) is 4.29.